The van der Waals surface area contributed by atoms with Crippen molar-refractivity contribution < 1.29 is 43.0 Å². The Kier molecular flexibility index (Phi) is 34.5. The van der Waals surface area contributed by atoms with Crippen LogP contribution in [0.15, 0.2) is 60.8 Å². The van der Waals surface area contributed by atoms with Gasteiger partial charge in [-0.15, -0.1) is 0 Å². The van der Waals surface area contributed by atoms with E-state index >= 15 is 0 Å². The second-order valence-corrected chi connectivity index (χ2v) is 14.3. The Morgan fingerprint density at radius 3 is 1.82 bits per heavy atom. The molecule has 0 bridgehead atoms. The third-order valence-electron chi connectivity index (χ3n) is 8.09. The molecule has 0 radical (unpaired) electrons. The Morgan fingerprint density at radius 2 is 1.14 bits per heavy atom. The SMILES string of the molecule is CCCCC/C=C\C=C/[C@@H](O)C/C=C\C/C=C/CCCC(=O)OC[C@H](COP(=O)(O)O)OC(=O)CCCCCCC/C=C\CCCCCCCC. The molecule has 0 aliphatic rings. The van der Waals surface area contributed by atoms with Gasteiger partial charge in [-0.2, -0.15) is 0 Å². The van der Waals surface area contributed by atoms with Crippen LogP contribution in [0.2, 0.25) is 0 Å². The van der Waals surface area contributed by atoms with Crippen molar-refractivity contribution in [2.24, 2.45) is 0 Å². The first kappa shape index (κ1) is 48.7. The number of ether oxygens (including phenoxy) is 2. The van der Waals surface area contributed by atoms with E-state index in [2.05, 4.69) is 36.6 Å². The lowest BCUT2D eigenvalue weighted by Crippen LogP contribution is -2.29. The Labute approximate surface area is 309 Å². The molecule has 0 aliphatic heterocycles. The van der Waals surface area contributed by atoms with E-state index in [1.165, 1.54) is 57.8 Å². The minimum absolute atomic E-state index is 0.153. The first-order valence-electron chi connectivity index (χ1n) is 19.7. The third-order valence-corrected chi connectivity index (χ3v) is 8.57. The second-order valence-electron chi connectivity index (χ2n) is 13.1. The molecule has 9 nitrogen and oxygen atoms in total. The molecule has 10 heteroatoms. The van der Waals surface area contributed by atoms with Crippen molar-refractivity contribution in [2.75, 3.05) is 13.2 Å². The van der Waals surface area contributed by atoms with Crippen LogP contribution in [0.4, 0.5) is 0 Å². The molecule has 0 heterocycles. The van der Waals surface area contributed by atoms with Crippen molar-refractivity contribution in [3.63, 3.8) is 0 Å². The smallest absolute Gasteiger partial charge is 0.462 e. The molecule has 0 unspecified atom stereocenters. The topological polar surface area (TPSA) is 140 Å². The average Bonchev–Trinajstić information content (AvgIpc) is 3.09. The maximum atomic E-state index is 12.4. The first-order chi connectivity index (χ1) is 24.7. The van der Waals surface area contributed by atoms with Crippen molar-refractivity contribution in [1.82, 2.24) is 0 Å². The van der Waals surface area contributed by atoms with Gasteiger partial charge in [0, 0.05) is 12.8 Å². The fraction of sp³-hybridized carbons (Fsp3) is 0.707. The predicted molar refractivity (Wildman–Crippen MR) is 208 cm³/mol. The maximum Gasteiger partial charge on any atom is 0.469 e. The summed E-state index contributed by atoms with van der Waals surface area (Å²) < 4.78 is 26.2. The van der Waals surface area contributed by atoms with E-state index in [-0.39, 0.29) is 19.4 Å². The van der Waals surface area contributed by atoms with Crippen LogP contribution in [0.1, 0.15) is 162 Å². The van der Waals surface area contributed by atoms with Gasteiger partial charge in [-0.05, 0) is 70.6 Å². The normalized spacial score (nSPS) is 13.7. The van der Waals surface area contributed by atoms with E-state index in [1.807, 2.05) is 36.5 Å². The zero-order valence-corrected chi connectivity index (χ0v) is 32.7. The first-order valence-corrected chi connectivity index (χ1v) is 21.2. The van der Waals surface area contributed by atoms with Gasteiger partial charge >= 0.3 is 19.8 Å². The number of rotatable bonds is 35. The van der Waals surface area contributed by atoms with Crippen LogP contribution >= 0.6 is 7.82 Å². The summed E-state index contributed by atoms with van der Waals surface area (Å²) in [5, 5.41) is 10.0. The summed E-state index contributed by atoms with van der Waals surface area (Å²) in [5.74, 6) is -1.01. The lowest BCUT2D eigenvalue weighted by atomic mass is 10.1. The van der Waals surface area contributed by atoms with Crippen LogP contribution in [0, 0.1) is 0 Å². The number of carbonyl (C=O) groups is 2. The van der Waals surface area contributed by atoms with Gasteiger partial charge in [0.05, 0.1) is 12.7 Å². The molecule has 294 valence electrons. The molecule has 2 atom stereocenters. The molecule has 0 amide bonds. The number of aliphatic hydroxyl groups excluding tert-OH is 1. The fourth-order valence-corrected chi connectivity index (χ4v) is 5.45. The minimum atomic E-state index is -4.78. The molecule has 0 spiro atoms. The van der Waals surface area contributed by atoms with Crippen molar-refractivity contribution in [1.29, 1.82) is 0 Å². The highest BCUT2D eigenvalue weighted by Gasteiger charge is 2.22. The third kappa shape index (κ3) is 38.8. The predicted octanol–water partition coefficient (Wildman–Crippen LogP) is 10.7. The maximum absolute atomic E-state index is 12.4. The molecule has 0 aliphatic carbocycles. The summed E-state index contributed by atoms with van der Waals surface area (Å²) in [6.45, 7) is 3.51. The van der Waals surface area contributed by atoms with Gasteiger partial charge in [0.1, 0.15) is 6.61 Å². The number of phosphoric acid groups is 1. The average molecular weight is 739 g/mol. The Hall–Kier alpha value is -2.29. The molecule has 0 rings (SSSR count). The van der Waals surface area contributed by atoms with E-state index in [9.17, 15) is 19.3 Å². The van der Waals surface area contributed by atoms with Crippen LogP contribution in [0.3, 0.4) is 0 Å². The van der Waals surface area contributed by atoms with Crippen molar-refractivity contribution in [3.05, 3.63) is 60.8 Å². The molecular weight excluding hydrogens is 667 g/mol. The van der Waals surface area contributed by atoms with Gasteiger partial charge in [0.2, 0.25) is 0 Å². The minimum Gasteiger partial charge on any atom is -0.462 e. The summed E-state index contributed by atoms with van der Waals surface area (Å²) in [7, 11) is -4.78. The highest BCUT2D eigenvalue weighted by atomic mass is 31.2. The van der Waals surface area contributed by atoms with E-state index in [0.717, 1.165) is 51.4 Å². The van der Waals surface area contributed by atoms with Crippen LogP contribution in [-0.2, 0) is 28.2 Å². The van der Waals surface area contributed by atoms with Gasteiger partial charge < -0.3 is 24.4 Å². The van der Waals surface area contributed by atoms with E-state index in [0.29, 0.717) is 25.7 Å². The van der Waals surface area contributed by atoms with Crippen molar-refractivity contribution in [3.8, 4) is 0 Å². The van der Waals surface area contributed by atoms with E-state index in [1.54, 1.807) is 6.08 Å². The Bertz CT molecular complexity index is 1030. The summed E-state index contributed by atoms with van der Waals surface area (Å²) in [4.78, 5) is 42.7. The van der Waals surface area contributed by atoms with Crippen LogP contribution in [0.25, 0.3) is 0 Å². The lowest BCUT2D eigenvalue weighted by molar-refractivity contribution is -0.161. The summed E-state index contributed by atoms with van der Waals surface area (Å²) in [6.07, 6.45) is 41.1. The van der Waals surface area contributed by atoms with Gasteiger partial charge in [0.25, 0.3) is 0 Å². The molecule has 0 fully saturated rings. The summed E-state index contributed by atoms with van der Waals surface area (Å²) >= 11 is 0. The van der Waals surface area contributed by atoms with Crippen LogP contribution in [-0.4, -0.2) is 52.3 Å². The largest absolute Gasteiger partial charge is 0.469 e. The summed E-state index contributed by atoms with van der Waals surface area (Å²) in [5.41, 5.74) is 0. The zero-order valence-electron chi connectivity index (χ0n) is 31.8. The van der Waals surface area contributed by atoms with Crippen molar-refractivity contribution in [2.45, 2.75) is 174 Å². The quantitative estimate of drug-likeness (QED) is 0.0190. The van der Waals surface area contributed by atoms with Crippen LogP contribution < -0.4 is 0 Å². The number of hydrogen-bond acceptors (Lipinski definition) is 7. The fourth-order valence-electron chi connectivity index (χ4n) is 5.09. The Balaban J connectivity index is 4.14. The molecule has 0 saturated heterocycles. The lowest BCUT2D eigenvalue weighted by Gasteiger charge is -2.18. The molecular formula is C41H71O9P. The van der Waals surface area contributed by atoms with Gasteiger partial charge in [-0.25, -0.2) is 4.57 Å². The second kappa shape index (κ2) is 36.1. The number of hydrogen-bond donors (Lipinski definition) is 3. The molecule has 0 saturated carbocycles. The number of allylic oxidation sites excluding steroid dienone is 8. The Morgan fingerprint density at radius 1 is 0.608 bits per heavy atom. The molecule has 0 aromatic rings. The number of esters is 2. The number of unbranched alkanes of at least 4 members (excludes halogenated alkanes) is 15. The van der Waals surface area contributed by atoms with Gasteiger partial charge in [0.15, 0.2) is 6.10 Å². The van der Waals surface area contributed by atoms with E-state index in [4.69, 9.17) is 19.3 Å². The van der Waals surface area contributed by atoms with Gasteiger partial charge in [-0.1, -0.05) is 139 Å². The highest BCUT2D eigenvalue weighted by molar-refractivity contribution is 7.46. The van der Waals surface area contributed by atoms with E-state index < -0.39 is 38.6 Å². The number of carbonyl (C=O) groups excluding carboxylic acids is 2. The monoisotopic (exact) mass is 738 g/mol. The van der Waals surface area contributed by atoms with Crippen molar-refractivity contribution >= 4 is 19.8 Å². The molecule has 3 N–H and O–H groups in total. The summed E-state index contributed by atoms with van der Waals surface area (Å²) in [6, 6.07) is 0. The standard InChI is InChI=1S/C41H71O9P/c1-3-5-7-9-11-12-13-14-15-16-17-18-22-27-31-35-41(44)50-39(37-49-51(45,46)47)36-48-40(43)34-30-26-23-19-21-25-29-33-38(42)32-28-24-20-10-8-6-4-2/h14-15,19-20,23-25,28-29,32,38-39,42H,3-13,16-18,21-22,26-27,30-31,33-37H2,1-2H3,(H2,45,46,47)/b15-14-,23-19+,24-20-,29-25-,32-28-/t38-,39-/m1/s1. The van der Waals surface area contributed by atoms with Gasteiger partial charge in [-0.3, -0.25) is 14.1 Å². The highest BCUT2D eigenvalue weighted by Crippen LogP contribution is 2.36. The molecule has 0 aromatic carbocycles. The zero-order chi connectivity index (χ0) is 37.7. The molecule has 0 aromatic heterocycles. The molecule has 51 heavy (non-hydrogen) atoms. The van der Waals surface area contributed by atoms with Crippen LogP contribution in [0.5, 0.6) is 0 Å². The number of aliphatic hydroxyl groups is 1. The number of phosphoric ester groups is 1.